The standard InChI is InChI=1S/C11H11ClN4O2S/c12-10-14-8(7-1-2-19-9(7)15-10)13-3-6-4-16(5-6)11(17)18/h1-2,6H,3-5H2,(H,17,18)(H,13,14,15). The molecule has 19 heavy (non-hydrogen) atoms. The molecule has 1 aliphatic heterocycles. The Kier molecular flexibility index (Phi) is 3.16. The summed E-state index contributed by atoms with van der Waals surface area (Å²) >= 11 is 7.38. The fourth-order valence-electron chi connectivity index (χ4n) is 2.06. The molecule has 6 nitrogen and oxygen atoms in total. The van der Waals surface area contributed by atoms with Crippen LogP contribution in [0.2, 0.25) is 5.28 Å². The van der Waals surface area contributed by atoms with Crippen LogP contribution in [0.15, 0.2) is 11.4 Å². The van der Waals surface area contributed by atoms with Crippen molar-refractivity contribution in [2.24, 2.45) is 5.92 Å². The number of nitrogens with one attached hydrogen (secondary N) is 1. The van der Waals surface area contributed by atoms with Gasteiger partial charge in [-0.15, -0.1) is 11.3 Å². The summed E-state index contributed by atoms with van der Waals surface area (Å²) in [6, 6.07) is 1.95. The van der Waals surface area contributed by atoms with Gasteiger partial charge < -0.3 is 15.3 Å². The third-order valence-electron chi connectivity index (χ3n) is 3.08. The van der Waals surface area contributed by atoms with E-state index in [0.29, 0.717) is 31.4 Å². The second-order valence-electron chi connectivity index (χ2n) is 4.42. The van der Waals surface area contributed by atoms with Gasteiger partial charge in [0.15, 0.2) is 0 Å². The highest BCUT2D eigenvalue weighted by molar-refractivity contribution is 7.16. The van der Waals surface area contributed by atoms with Crippen molar-refractivity contribution < 1.29 is 9.90 Å². The Morgan fingerprint density at radius 1 is 1.58 bits per heavy atom. The Bertz CT molecular complexity index is 626. The zero-order chi connectivity index (χ0) is 13.4. The molecule has 1 aliphatic rings. The van der Waals surface area contributed by atoms with Crippen molar-refractivity contribution in [1.29, 1.82) is 0 Å². The fraction of sp³-hybridized carbons (Fsp3) is 0.364. The van der Waals surface area contributed by atoms with Crippen molar-refractivity contribution in [3.05, 3.63) is 16.7 Å². The van der Waals surface area contributed by atoms with E-state index in [1.807, 2.05) is 11.4 Å². The molecule has 1 saturated heterocycles. The number of carbonyl (C=O) groups is 1. The molecule has 100 valence electrons. The third-order valence-corrected chi connectivity index (χ3v) is 4.06. The summed E-state index contributed by atoms with van der Waals surface area (Å²) in [5.74, 6) is 1.03. The van der Waals surface area contributed by atoms with Gasteiger partial charge in [-0.05, 0) is 23.0 Å². The van der Waals surface area contributed by atoms with Crippen LogP contribution in [0.4, 0.5) is 10.6 Å². The molecule has 0 spiro atoms. The van der Waals surface area contributed by atoms with E-state index in [1.165, 1.54) is 16.2 Å². The fourth-order valence-corrected chi connectivity index (χ4v) is 3.04. The highest BCUT2D eigenvalue weighted by Crippen LogP contribution is 2.27. The first kappa shape index (κ1) is 12.4. The van der Waals surface area contributed by atoms with Crippen LogP contribution in [-0.4, -0.2) is 45.7 Å². The zero-order valence-electron chi connectivity index (χ0n) is 9.84. The molecule has 3 rings (SSSR count). The van der Waals surface area contributed by atoms with Crippen molar-refractivity contribution in [3.63, 3.8) is 0 Å². The molecule has 0 aliphatic carbocycles. The first-order valence-corrected chi connectivity index (χ1v) is 7.01. The van der Waals surface area contributed by atoms with E-state index in [1.54, 1.807) is 0 Å². The lowest BCUT2D eigenvalue weighted by Gasteiger charge is -2.37. The topological polar surface area (TPSA) is 78.4 Å². The highest BCUT2D eigenvalue weighted by Gasteiger charge is 2.30. The maximum atomic E-state index is 10.7. The molecule has 1 amide bonds. The molecule has 2 aromatic heterocycles. The minimum atomic E-state index is -0.860. The maximum Gasteiger partial charge on any atom is 0.407 e. The van der Waals surface area contributed by atoms with Crippen molar-refractivity contribution in [2.45, 2.75) is 0 Å². The Morgan fingerprint density at radius 3 is 3.11 bits per heavy atom. The van der Waals surface area contributed by atoms with Crippen LogP contribution in [0.1, 0.15) is 0 Å². The smallest absolute Gasteiger partial charge is 0.407 e. The number of likely N-dealkylation sites (tertiary alicyclic amines) is 1. The van der Waals surface area contributed by atoms with E-state index in [9.17, 15) is 4.79 Å². The Hall–Kier alpha value is -1.60. The van der Waals surface area contributed by atoms with Gasteiger partial charge in [0.25, 0.3) is 0 Å². The van der Waals surface area contributed by atoms with Crippen LogP contribution in [0.5, 0.6) is 0 Å². The second-order valence-corrected chi connectivity index (χ2v) is 5.65. The highest BCUT2D eigenvalue weighted by atomic mass is 35.5. The Morgan fingerprint density at radius 2 is 2.37 bits per heavy atom. The number of anilines is 1. The summed E-state index contributed by atoms with van der Waals surface area (Å²) in [5.41, 5.74) is 0. The number of thiophene rings is 1. The third kappa shape index (κ3) is 2.43. The van der Waals surface area contributed by atoms with E-state index in [-0.39, 0.29) is 5.28 Å². The van der Waals surface area contributed by atoms with Gasteiger partial charge in [0, 0.05) is 25.6 Å². The van der Waals surface area contributed by atoms with Gasteiger partial charge in [-0.3, -0.25) is 0 Å². The van der Waals surface area contributed by atoms with E-state index >= 15 is 0 Å². The lowest BCUT2D eigenvalue weighted by Crippen LogP contribution is -2.51. The first-order valence-electron chi connectivity index (χ1n) is 5.76. The summed E-state index contributed by atoms with van der Waals surface area (Å²) in [4.78, 5) is 21.2. The number of fused-ring (bicyclic) bond motifs is 1. The largest absolute Gasteiger partial charge is 0.465 e. The van der Waals surface area contributed by atoms with Crippen LogP contribution in [0.3, 0.4) is 0 Å². The lowest BCUT2D eigenvalue weighted by atomic mass is 10.0. The number of halogens is 1. The summed E-state index contributed by atoms with van der Waals surface area (Å²) in [6.07, 6.45) is -0.860. The summed E-state index contributed by atoms with van der Waals surface area (Å²) in [7, 11) is 0. The van der Waals surface area contributed by atoms with E-state index in [0.717, 1.165) is 10.2 Å². The molecule has 1 fully saturated rings. The molecule has 0 saturated carbocycles. The van der Waals surface area contributed by atoms with Crippen LogP contribution in [0, 0.1) is 5.92 Å². The predicted octanol–water partition coefficient (Wildman–Crippen LogP) is 2.37. The van der Waals surface area contributed by atoms with Crippen LogP contribution in [0.25, 0.3) is 10.2 Å². The maximum absolute atomic E-state index is 10.7. The van der Waals surface area contributed by atoms with E-state index in [4.69, 9.17) is 16.7 Å². The minimum absolute atomic E-state index is 0.221. The number of amides is 1. The average molecular weight is 299 g/mol. The van der Waals surface area contributed by atoms with Gasteiger partial charge in [-0.2, -0.15) is 0 Å². The van der Waals surface area contributed by atoms with Gasteiger partial charge in [0.05, 0.1) is 5.39 Å². The monoisotopic (exact) mass is 298 g/mol. The predicted molar refractivity (Wildman–Crippen MR) is 74.0 cm³/mol. The molecule has 0 unspecified atom stereocenters. The van der Waals surface area contributed by atoms with Crippen molar-refractivity contribution >= 4 is 45.1 Å². The molecule has 2 N–H and O–H groups in total. The molecule has 0 radical (unpaired) electrons. The number of hydrogen-bond donors (Lipinski definition) is 2. The van der Waals surface area contributed by atoms with Crippen molar-refractivity contribution in [2.75, 3.05) is 25.0 Å². The Balaban J connectivity index is 1.66. The van der Waals surface area contributed by atoms with Gasteiger partial charge in [0.1, 0.15) is 10.6 Å². The minimum Gasteiger partial charge on any atom is -0.465 e. The molecule has 2 aromatic rings. The van der Waals surface area contributed by atoms with Gasteiger partial charge in [-0.25, -0.2) is 14.8 Å². The number of nitrogens with zero attached hydrogens (tertiary/aromatic N) is 3. The van der Waals surface area contributed by atoms with Gasteiger partial charge in [0.2, 0.25) is 5.28 Å². The average Bonchev–Trinajstić information content (AvgIpc) is 2.73. The van der Waals surface area contributed by atoms with Crippen LogP contribution in [-0.2, 0) is 0 Å². The molecule has 0 bridgehead atoms. The van der Waals surface area contributed by atoms with Crippen molar-refractivity contribution in [1.82, 2.24) is 14.9 Å². The Labute approximate surface area is 118 Å². The normalized spacial score (nSPS) is 15.5. The van der Waals surface area contributed by atoms with Crippen LogP contribution >= 0.6 is 22.9 Å². The number of aromatic nitrogens is 2. The van der Waals surface area contributed by atoms with Crippen molar-refractivity contribution in [3.8, 4) is 0 Å². The summed E-state index contributed by atoms with van der Waals surface area (Å²) in [5, 5.41) is 15.1. The number of carboxylic acid groups (broad SMARTS) is 1. The van der Waals surface area contributed by atoms with Gasteiger partial charge in [-0.1, -0.05) is 0 Å². The zero-order valence-corrected chi connectivity index (χ0v) is 11.4. The summed E-state index contributed by atoms with van der Waals surface area (Å²) < 4.78 is 0. The molecule has 3 heterocycles. The molecular weight excluding hydrogens is 288 g/mol. The molecular formula is C11H11ClN4O2S. The molecule has 8 heteroatoms. The number of rotatable bonds is 3. The summed E-state index contributed by atoms with van der Waals surface area (Å²) in [6.45, 7) is 1.81. The SMILES string of the molecule is O=C(O)N1CC(CNc2nc(Cl)nc3sccc23)C1. The quantitative estimate of drug-likeness (QED) is 0.851. The number of hydrogen-bond acceptors (Lipinski definition) is 5. The lowest BCUT2D eigenvalue weighted by molar-refractivity contribution is 0.0864. The first-order chi connectivity index (χ1) is 9.13. The molecule has 0 atom stereocenters. The van der Waals surface area contributed by atoms with E-state index < -0.39 is 6.09 Å². The van der Waals surface area contributed by atoms with Crippen LogP contribution < -0.4 is 5.32 Å². The van der Waals surface area contributed by atoms with Gasteiger partial charge >= 0.3 is 6.09 Å². The second kappa shape index (κ2) is 4.82. The van der Waals surface area contributed by atoms with E-state index in [2.05, 4.69) is 15.3 Å². The molecule has 0 aromatic carbocycles.